The highest BCUT2D eigenvalue weighted by atomic mass is 16.5. The van der Waals surface area contributed by atoms with Gasteiger partial charge in [-0.1, -0.05) is 79.4 Å². The van der Waals surface area contributed by atoms with Crippen LogP contribution >= 0.6 is 0 Å². The highest BCUT2D eigenvalue weighted by Crippen LogP contribution is 2.18. The summed E-state index contributed by atoms with van der Waals surface area (Å²) in [6.45, 7) is 8.22. The second kappa shape index (κ2) is 12.1. The zero-order valence-corrected chi connectivity index (χ0v) is 18.4. The molecule has 0 radical (unpaired) electrons. The number of ether oxygens (including phenoxy) is 1. The molecule has 31 heavy (non-hydrogen) atoms. The first-order valence-corrected chi connectivity index (χ1v) is 11.1. The fourth-order valence-electron chi connectivity index (χ4n) is 3.80. The first-order valence-electron chi connectivity index (χ1n) is 11.1. The van der Waals surface area contributed by atoms with Gasteiger partial charge in [-0.15, -0.1) is 0 Å². The summed E-state index contributed by atoms with van der Waals surface area (Å²) >= 11 is 0. The number of aryl methyl sites for hydroxylation is 1. The Kier molecular flexibility index (Phi) is 8.89. The lowest BCUT2D eigenvalue weighted by Gasteiger charge is -2.27. The van der Waals surface area contributed by atoms with Crippen LogP contribution in [0.4, 0.5) is 0 Å². The van der Waals surface area contributed by atoms with Gasteiger partial charge in [-0.3, -0.25) is 0 Å². The van der Waals surface area contributed by atoms with Crippen molar-refractivity contribution in [3.63, 3.8) is 0 Å². The predicted octanol–water partition coefficient (Wildman–Crippen LogP) is 4.39. The molecule has 3 nitrogen and oxygen atoms in total. The molecule has 3 aromatic carbocycles. The predicted molar refractivity (Wildman–Crippen MR) is 127 cm³/mol. The third-order valence-electron chi connectivity index (χ3n) is 5.78. The van der Waals surface area contributed by atoms with Gasteiger partial charge in [0.25, 0.3) is 0 Å². The largest absolute Gasteiger partial charge is 0.489 e. The van der Waals surface area contributed by atoms with Crippen molar-refractivity contribution in [2.24, 2.45) is 0 Å². The number of quaternary nitrogens is 1. The summed E-state index contributed by atoms with van der Waals surface area (Å²) in [4.78, 5) is 1.35. The number of aliphatic hydroxyl groups excluding tert-OH is 1. The van der Waals surface area contributed by atoms with Crippen molar-refractivity contribution in [3.8, 4) is 5.75 Å². The zero-order valence-electron chi connectivity index (χ0n) is 18.4. The molecule has 0 aliphatic carbocycles. The summed E-state index contributed by atoms with van der Waals surface area (Å²) < 4.78 is 5.86. The minimum absolute atomic E-state index is 0.432. The van der Waals surface area contributed by atoms with Crippen LogP contribution in [-0.4, -0.2) is 24.2 Å². The third kappa shape index (κ3) is 7.39. The number of hydrogen-bond donors (Lipinski definition) is 2. The van der Waals surface area contributed by atoms with Gasteiger partial charge in [0.1, 0.15) is 25.0 Å². The summed E-state index contributed by atoms with van der Waals surface area (Å²) in [5.41, 5.74) is 3.42. The van der Waals surface area contributed by atoms with Crippen molar-refractivity contribution in [3.05, 3.63) is 114 Å². The minimum Gasteiger partial charge on any atom is -0.489 e. The molecule has 3 aromatic rings. The lowest BCUT2D eigenvalue weighted by atomic mass is 10.0. The van der Waals surface area contributed by atoms with Crippen LogP contribution in [0.2, 0.25) is 0 Å². The van der Waals surface area contributed by atoms with Gasteiger partial charge in [0, 0.05) is 6.42 Å². The van der Waals surface area contributed by atoms with Crippen molar-refractivity contribution >= 4 is 0 Å². The molecule has 0 saturated heterocycles. The van der Waals surface area contributed by atoms with Crippen molar-refractivity contribution < 1.29 is 14.7 Å². The summed E-state index contributed by atoms with van der Waals surface area (Å²) in [7, 11) is 0. The molecule has 0 spiro atoms. The quantitative estimate of drug-likeness (QED) is 0.429. The topological polar surface area (TPSA) is 33.9 Å². The Hall–Kier alpha value is -2.88. The molecule has 3 atom stereocenters. The Morgan fingerprint density at radius 2 is 1.52 bits per heavy atom. The second-order valence-corrected chi connectivity index (χ2v) is 8.14. The highest BCUT2D eigenvalue weighted by molar-refractivity contribution is 5.29. The molecule has 0 aromatic heterocycles. The highest BCUT2D eigenvalue weighted by Gasteiger charge is 2.21. The van der Waals surface area contributed by atoms with Crippen molar-refractivity contribution in [2.75, 3.05) is 13.1 Å². The number of nitrogens with one attached hydrogen (secondary N) is 1. The van der Waals surface area contributed by atoms with E-state index in [2.05, 4.69) is 43.8 Å². The average molecular weight is 417 g/mol. The van der Waals surface area contributed by atoms with E-state index in [1.165, 1.54) is 10.5 Å². The van der Waals surface area contributed by atoms with Crippen molar-refractivity contribution in [1.82, 2.24) is 0 Å². The monoisotopic (exact) mass is 416 g/mol. The van der Waals surface area contributed by atoms with Crippen LogP contribution in [0.1, 0.15) is 36.1 Å². The van der Waals surface area contributed by atoms with Gasteiger partial charge < -0.3 is 14.7 Å². The van der Waals surface area contributed by atoms with E-state index in [1.807, 2.05) is 60.7 Å². The number of rotatable bonds is 12. The van der Waals surface area contributed by atoms with Gasteiger partial charge in [-0.05, 0) is 48.2 Å². The molecule has 0 fully saturated rings. The summed E-state index contributed by atoms with van der Waals surface area (Å²) in [6, 6.07) is 28.9. The maximum absolute atomic E-state index is 10.9. The number of benzene rings is 3. The standard InChI is InChI=1S/C28H33NO2/c1-3-20-29(23(2)14-15-24-10-6-4-7-11-24)21-28(30)26-16-18-27(19-17-26)31-22-25-12-8-5-9-13-25/h3-13,16-19,23,28,30H,1,14-15,20-22H2,2H3/p+1/t23-,28+/m1/s1. The van der Waals surface area contributed by atoms with E-state index >= 15 is 0 Å². The number of hydrogen-bond acceptors (Lipinski definition) is 2. The van der Waals surface area contributed by atoms with Crippen molar-refractivity contribution in [1.29, 1.82) is 0 Å². The third-order valence-corrected chi connectivity index (χ3v) is 5.78. The summed E-state index contributed by atoms with van der Waals surface area (Å²) in [6.07, 6.45) is 3.55. The van der Waals surface area contributed by atoms with Crippen LogP contribution in [0.15, 0.2) is 97.6 Å². The Morgan fingerprint density at radius 3 is 2.13 bits per heavy atom. The Morgan fingerprint density at radius 1 is 0.903 bits per heavy atom. The lowest BCUT2D eigenvalue weighted by Crippen LogP contribution is -3.15. The van der Waals surface area contributed by atoms with E-state index in [0.29, 0.717) is 19.2 Å². The van der Waals surface area contributed by atoms with Gasteiger partial charge in [-0.2, -0.15) is 0 Å². The molecule has 3 heteroatoms. The average Bonchev–Trinajstić information content (AvgIpc) is 2.82. The molecule has 0 saturated carbocycles. The van der Waals surface area contributed by atoms with Crippen LogP contribution in [-0.2, 0) is 13.0 Å². The lowest BCUT2D eigenvalue weighted by molar-refractivity contribution is -0.921. The Balaban J connectivity index is 1.53. The van der Waals surface area contributed by atoms with E-state index < -0.39 is 6.10 Å². The minimum atomic E-state index is -0.516. The molecule has 3 rings (SSSR count). The van der Waals surface area contributed by atoms with Crippen LogP contribution in [0.25, 0.3) is 0 Å². The maximum atomic E-state index is 10.9. The maximum Gasteiger partial charge on any atom is 0.128 e. The SMILES string of the molecule is C=CC[NH+](C[C@H](O)c1ccc(OCc2ccccc2)cc1)[C@H](C)CCc1ccccc1. The normalized spacial score (nSPS) is 13.9. The van der Waals surface area contributed by atoms with Crippen LogP contribution in [0.5, 0.6) is 5.75 Å². The van der Waals surface area contributed by atoms with Gasteiger partial charge in [0.2, 0.25) is 0 Å². The van der Waals surface area contributed by atoms with Gasteiger partial charge in [0.15, 0.2) is 0 Å². The van der Waals surface area contributed by atoms with E-state index in [1.54, 1.807) is 0 Å². The molecular formula is C28H34NO2+. The van der Waals surface area contributed by atoms with Crippen LogP contribution < -0.4 is 9.64 Å². The van der Waals surface area contributed by atoms with E-state index in [0.717, 1.165) is 36.3 Å². The second-order valence-electron chi connectivity index (χ2n) is 8.14. The zero-order chi connectivity index (χ0) is 21.9. The van der Waals surface area contributed by atoms with E-state index in [9.17, 15) is 5.11 Å². The smallest absolute Gasteiger partial charge is 0.128 e. The molecule has 1 unspecified atom stereocenters. The molecule has 0 amide bonds. The van der Waals surface area contributed by atoms with Crippen LogP contribution in [0.3, 0.4) is 0 Å². The first kappa shape index (κ1) is 22.8. The Labute approximate surface area is 186 Å². The first-order chi connectivity index (χ1) is 15.2. The van der Waals surface area contributed by atoms with E-state index in [4.69, 9.17) is 4.74 Å². The Bertz CT molecular complexity index is 893. The fourth-order valence-corrected chi connectivity index (χ4v) is 3.80. The molecule has 0 aliphatic rings. The van der Waals surface area contributed by atoms with E-state index in [-0.39, 0.29) is 0 Å². The molecule has 2 N–H and O–H groups in total. The van der Waals surface area contributed by atoms with Crippen LogP contribution in [0, 0.1) is 0 Å². The summed E-state index contributed by atoms with van der Waals surface area (Å²) in [5.74, 6) is 0.811. The summed E-state index contributed by atoms with van der Waals surface area (Å²) in [5, 5.41) is 10.9. The number of aliphatic hydroxyl groups is 1. The fraction of sp³-hybridized carbons (Fsp3) is 0.286. The molecular weight excluding hydrogens is 382 g/mol. The molecule has 162 valence electrons. The molecule has 0 heterocycles. The van der Waals surface area contributed by atoms with Gasteiger partial charge >= 0.3 is 0 Å². The van der Waals surface area contributed by atoms with Gasteiger partial charge in [-0.25, -0.2) is 0 Å². The molecule has 0 bridgehead atoms. The van der Waals surface area contributed by atoms with Gasteiger partial charge in [0.05, 0.1) is 12.6 Å². The van der Waals surface area contributed by atoms with Crippen molar-refractivity contribution in [2.45, 2.75) is 38.5 Å². The molecule has 0 aliphatic heterocycles.